The highest BCUT2D eigenvalue weighted by Crippen LogP contribution is 2.36. The van der Waals surface area contributed by atoms with Gasteiger partial charge in [-0.1, -0.05) is 167 Å². The maximum absolute atomic E-state index is 12.6. The molecular weight excluding hydrogens is 1010 g/mol. The predicted molar refractivity (Wildman–Crippen MR) is 318 cm³/mol. The smallest absolute Gasteiger partial charge is 0.306 e. The summed E-state index contributed by atoms with van der Waals surface area (Å²) in [5, 5.41) is 28.2. The standard InChI is InChI=1S/C64H99N5O9S/c1-5-7-9-11-13-15-17-19-20-21-22-24-26-28-30-31-33-56(52-70)48-62(72)77-45-43-75-40-38-69(58-35-36-60(54(3)47-58)67-68-64-59(50-65)55(4)61(51-66)79-64)37-39-74-41-42-76-44-46-78-63(73)49-57(53-71)34-32-29-27-25-23-18-16-14-12-10-8-6-2/h29-32,35-36,47,52-53,56-57H,5-28,33-34,37-46,48-49H2,1-4H3/b31-30+,32-29+,68-67?. The lowest BCUT2D eigenvalue weighted by molar-refractivity contribution is -0.147. The first-order chi connectivity index (χ1) is 38.7. The van der Waals surface area contributed by atoms with Crippen molar-refractivity contribution in [2.75, 3.05) is 70.8 Å². The van der Waals surface area contributed by atoms with Gasteiger partial charge in [0, 0.05) is 30.6 Å². The van der Waals surface area contributed by atoms with Crippen molar-refractivity contribution in [3.63, 3.8) is 0 Å². The predicted octanol–water partition coefficient (Wildman–Crippen LogP) is 16.2. The van der Waals surface area contributed by atoms with Gasteiger partial charge in [0.05, 0.1) is 63.7 Å². The van der Waals surface area contributed by atoms with E-state index in [1.807, 2.05) is 37.3 Å². The number of anilines is 1. The van der Waals surface area contributed by atoms with Gasteiger partial charge in [-0.2, -0.15) is 10.5 Å². The highest BCUT2D eigenvalue weighted by molar-refractivity contribution is 7.16. The average molecular weight is 1110 g/mol. The zero-order valence-electron chi connectivity index (χ0n) is 49.0. The second-order valence-electron chi connectivity index (χ2n) is 20.7. The number of aldehydes is 2. The molecule has 2 aromatic rings. The number of thiophene rings is 1. The summed E-state index contributed by atoms with van der Waals surface area (Å²) < 4.78 is 28.2. The second-order valence-corrected chi connectivity index (χ2v) is 21.7. The summed E-state index contributed by atoms with van der Waals surface area (Å²) >= 11 is 1.14. The molecule has 0 aliphatic heterocycles. The molecule has 0 saturated heterocycles. The molecule has 14 nitrogen and oxygen atoms in total. The number of benzene rings is 1. The zero-order valence-corrected chi connectivity index (χ0v) is 49.9. The molecule has 0 radical (unpaired) electrons. The molecule has 2 unspecified atom stereocenters. The van der Waals surface area contributed by atoms with E-state index < -0.39 is 23.8 Å². The Kier molecular flexibility index (Phi) is 43.3. The molecule has 15 heteroatoms. The number of nitriles is 2. The summed E-state index contributed by atoms with van der Waals surface area (Å²) in [5.41, 5.74) is 3.29. The first-order valence-corrected chi connectivity index (χ1v) is 31.0. The number of carbonyl (C=O) groups is 4. The Morgan fingerprint density at radius 1 is 0.570 bits per heavy atom. The van der Waals surface area contributed by atoms with Crippen LogP contribution < -0.4 is 4.90 Å². The molecular formula is C64H99N5O9S. The first kappa shape index (κ1) is 70.0. The van der Waals surface area contributed by atoms with Gasteiger partial charge in [-0.25, -0.2) is 0 Å². The molecule has 2 atom stereocenters. The normalized spacial score (nSPS) is 12.3. The number of hydrogen-bond acceptors (Lipinski definition) is 15. The second kappa shape index (κ2) is 48.8. The van der Waals surface area contributed by atoms with Crippen LogP contribution >= 0.6 is 11.3 Å². The van der Waals surface area contributed by atoms with Crippen LogP contribution in [-0.4, -0.2) is 90.5 Å². The number of allylic oxidation sites excluding steroid dienone is 4. The Morgan fingerprint density at radius 2 is 1.00 bits per heavy atom. The van der Waals surface area contributed by atoms with Gasteiger partial charge in [0.25, 0.3) is 0 Å². The molecule has 79 heavy (non-hydrogen) atoms. The van der Waals surface area contributed by atoms with E-state index in [-0.39, 0.29) is 39.3 Å². The van der Waals surface area contributed by atoms with Crippen LogP contribution in [0.5, 0.6) is 0 Å². The number of ether oxygens (including phenoxy) is 5. The van der Waals surface area contributed by atoms with Crippen molar-refractivity contribution in [2.45, 2.75) is 207 Å². The number of nitrogens with zero attached hydrogens (tertiary/aromatic N) is 5. The number of hydrogen-bond donors (Lipinski definition) is 0. The van der Waals surface area contributed by atoms with Crippen LogP contribution in [0.4, 0.5) is 16.4 Å². The Labute approximate surface area is 480 Å². The van der Waals surface area contributed by atoms with E-state index in [0.717, 1.165) is 60.8 Å². The van der Waals surface area contributed by atoms with E-state index in [9.17, 15) is 29.7 Å². The quantitative estimate of drug-likeness (QED) is 0.0201. The molecule has 0 amide bonds. The molecule has 440 valence electrons. The van der Waals surface area contributed by atoms with E-state index in [1.54, 1.807) is 6.92 Å². The van der Waals surface area contributed by atoms with E-state index in [4.69, 9.17) is 23.7 Å². The molecule has 0 spiro atoms. The Bertz CT molecular complexity index is 2110. The van der Waals surface area contributed by atoms with Crippen molar-refractivity contribution in [3.05, 3.63) is 64.1 Å². The van der Waals surface area contributed by atoms with Crippen molar-refractivity contribution >= 4 is 52.2 Å². The zero-order chi connectivity index (χ0) is 57.2. The largest absolute Gasteiger partial charge is 0.463 e. The van der Waals surface area contributed by atoms with Crippen molar-refractivity contribution < 1.29 is 42.9 Å². The fourth-order valence-electron chi connectivity index (χ4n) is 8.98. The summed E-state index contributed by atoms with van der Waals surface area (Å²) in [6.07, 6.45) is 41.8. The molecule has 0 N–H and O–H groups in total. The highest BCUT2D eigenvalue weighted by atomic mass is 32.1. The Morgan fingerprint density at radius 3 is 1.42 bits per heavy atom. The van der Waals surface area contributed by atoms with Gasteiger partial charge in [0.2, 0.25) is 0 Å². The van der Waals surface area contributed by atoms with Gasteiger partial charge < -0.3 is 38.2 Å². The molecule has 1 aromatic heterocycles. The Hall–Kier alpha value is -5.06. The SMILES string of the molecule is CCCCCCCCCCC/C=C/CC(C=O)CC(=O)OCCOCCOCCN(CCOCCOC(=O)CC(C=O)C/C=C/CCCCCCCCCCCCCCC)c1ccc(N=Nc2sc(C#N)c(C)c2C#N)c(C)c1. The van der Waals surface area contributed by atoms with E-state index in [2.05, 4.69) is 53.3 Å². The maximum Gasteiger partial charge on any atom is 0.306 e. The molecule has 1 heterocycles. The fourth-order valence-corrected chi connectivity index (χ4v) is 9.85. The van der Waals surface area contributed by atoms with Crippen LogP contribution in [0.3, 0.4) is 0 Å². The van der Waals surface area contributed by atoms with E-state index in [0.29, 0.717) is 79.1 Å². The van der Waals surface area contributed by atoms with Crippen molar-refractivity contribution in [3.8, 4) is 12.1 Å². The third-order valence-corrected chi connectivity index (χ3v) is 15.0. The molecule has 0 saturated carbocycles. The average Bonchev–Trinajstić information content (AvgIpc) is 3.81. The summed E-state index contributed by atoms with van der Waals surface area (Å²) in [6, 6.07) is 10.00. The lowest BCUT2D eigenvalue weighted by Gasteiger charge is -2.25. The monoisotopic (exact) mass is 1110 g/mol. The Balaban J connectivity index is 1.74. The molecule has 0 aliphatic rings. The summed E-state index contributed by atoms with van der Waals surface area (Å²) in [6.45, 7) is 11.1. The number of rotatable bonds is 52. The molecule has 0 aliphatic carbocycles. The topological polar surface area (TPSA) is 190 Å². The third-order valence-electron chi connectivity index (χ3n) is 13.9. The number of unbranched alkanes of at least 4 members (excludes halogenated alkanes) is 22. The van der Waals surface area contributed by atoms with Crippen molar-refractivity contribution in [1.29, 1.82) is 10.5 Å². The van der Waals surface area contributed by atoms with Crippen molar-refractivity contribution in [2.24, 2.45) is 22.1 Å². The van der Waals surface area contributed by atoms with Gasteiger partial charge in [0.15, 0.2) is 5.00 Å². The lowest BCUT2D eigenvalue weighted by Crippen LogP contribution is -2.31. The highest BCUT2D eigenvalue weighted by Gasteiger charge is 2.17. The number of aryl methyl sites for hydroxylation is 1. The minimum atomic E-state index is -0.424. The molecule has 1 aromatic carbocycles. The van der Waals surface area contributed by atoms with E-state index >= 15 is 0 Å². The number of azo groups is 1. The van der Waals surface area contributed by atoms with Crippen LogP contribution in [-0.2, 0) is 42.9 Å². The summed E-state index contributed by atoms with van der Waals surface area (Å²) in [4.78, 5) is 50.9. The van der Waals surface area contributed by atoms with Crippen LogP contribution in [0.1, 0.15) is 215 Å². The van der Waals surface area contributed by atoms with Crippen LogP contribution in [0.25, 0.3) is 0 Å². The number of esters is 2. The third kappa shape index (κ3) is 35.3. The number of carbonyl (C=O) groups excluding carboxylic acids is 4. The van der Waals surface area contributed by atoms with Gasteiger partial charge in [0.1, 0.15) is 42.8 Å². The van der Waals surface area contributed by atoms with E-state index in [1.165, 1.54) is 128 Å². The molecule has 0 bridgehead atoms. The molecule has 0 fully saturated rings. The van der Waals surface area contributed by atoms with Gasteiger partial charge >= 0.3 is 11.9 Å². The molecule has 2 rings (SSSR count). The van der Waals surface area contributed by atoms with Crippen LogP contribution in [0, 0.1) is 48.3 Å². The lowest BCUT2D eigenvalue weighted by atomic mass is 10.0. The first-order valence-electron chi connectivity index (χ1n) is 30.2. The maximum atomic E-state index is 12.6. The van der Waals surface area contributed by atoms with Crippen molar-refractivity contribution in [1.82, 2.24) is 0 Å². The van der Waals surface area contributed by atoms with Gasteiger partial charge in [-0.15, -0.1) is 21.6 Å². The minimum absolute atomic E-state index is 0.0295. The fraction of sp³-hybridized carbons (Fsp3) is 0.688. The van der Waals surface area contributed by atoms with Crippen LogP contribution in [0.2, 0.25) is 0 Å². The van der Waals surface area contributed by atoms with Gasteiger partial charge in [-0.05, 0) is 81.7 Å². The summed E-state index contributed by atoms with van der Waals surface area (Å²) in [5.74, 6) is -1.67. The minimum Gasteiger partial charge on any atom is -0.463 e. The summed E-state index contributed by atoms with van der Waals surface area (Å²) in [7, 11) is 0. The van der Waals surface area contributed by atoms with Crippen LogP contribution in [0.15, 0.2) is 52.7 Å². The van der Waals surface area contributed by atoms with Gasteiger partial charge in [-0.3, -0.25) is 9.59 Å².